The van der Waals surface area contributed by atoms with Crippen LogP contribution in [0.3, 0.4) is 0 Å². The molecule has 0 bridgehead atoms. The van der Waals surface area contributed by atoms with Gasteiger partial charge < -0.3 is 0 Å². The Balaban J connectivity index is 5.38. The van der Waals surface area contributed by atoms with E-state index in [1.54, 1.807) is 0 Å². The van der Waals surface area contributed by atoms with Crippen LogP contribution in [0.15, 0.2) is 64.7 Å². The van der Waals surface area contributed by atoms with E-state index in [-0.39, 0.29) is 0 Å². The molecule has 0 rings (SSSR count). The number of hydrogen-bond acceptors (Lipinski definition) is 0. The SMILES string of the molecule is C=C=C=C=C=C=C=C=C=C=C. The first kappa shape index (κ1) is 8.76. The van der Waals surface area contributed by atoms with Gasteiger partial charge in [0.15, 0.2) is 0 Å². The molecule has 0 heteroatoms. The molecule has 0 nitrogen and oxygen atoms in total. The molecule has 0 aliphatic rings. The molecule has 48 valence electrons. The van der Waals surface area contributed by atoms with E-state index in [1.165, 1.54) is 0 Å². The molecule has 0 radical (unpaired) electrons. The molecule has 0 aromatic rings. The predicted molar refractivity (Wildman–Crippen MR) is 42.9 cm³/mol. The molecule has 0 aliphatic carbocycles. The summed E-state index contributed by atoms with van der Waals surface area (Å²) in [7, 11) is 0. The standard InChI is InChI=1S/C11H4/c1-3-5-7-9-11-10-8-6-4-2/h1-2H2. The van der Waals surface area contributed by atoms with Crippen molar-refractivity contribution in [2.75, 3.05) is 0 Å². The monoisotopic (exact) mass is 136 g/mol. The van der Waals surface area contributed by atoms with Crippen LogP contribution in [0.25, 0.3) is 0 Å². The summed E-state index contributed by atoms with van der Waals surface area (Å²) in [6, 6.07) is 0. The van der Waals surface area contributed by atoms with Crippen LogP contribution in [0.5, 0.6) is 0 Å². The zero-order valence-corrected chi connectivity index (χ0v) is 5.91. The molecule has 0 aliphatic heterocycles. The van der Waals surface area contributed by atoms with Crippen LogP contribution in [0, 0.1) is 0 Å². The number of rotatable bonds is 0. The van der Waals surface area contributed by atoms with Crippen LogP contribution in [0.4, 0.5) is 0 Å². The molecular formula is C11H4. The first-order chi connectivity index (χ1) is 5.41. The summed E-state index contributed by atoms with van der Waals surface area (Å²) in [5, 5.41) is 0. The van der Waals surface area contributed by atoms with Crippen LogP contribution in [0.2, 0.25) is 0 Å². The Kier molecular flexibility index (Phi) is 6.18. The summed E-state index contributed by atoms with van der Waals surface area (Å²) in [4.78, 5) is 0. The zero-order chi connectivity index (χ0) is 8.36. The minimum atomic E-state index is 2.37. The van der Waals surface area contributed by atoms with Gasteiger partial charge in [-0.05, 0) is 53.3 Å². The van der Waals surface area contributed by atoms with Gasteiger partial charge in [0.2, 0.25) is 0 Å². The van der Waals surface area contributed by atoms with Crippen molar-refractivity contribution in [3.63, 3.8) is 0 Å². The normalized spacial score (nSPS) is 3.64. The molecule has 0 aromatic heterocycles. The van der Waals surface area contributed by atoms with Crippen molar-refractivity contribution in [2.24, 2.45) is 0 Å². The third kappa shape index (κ3) is 7.76. The van der Waals surface area contributed by atoms with Crippen LogP contribution in [0.1, 0.15) is 0 Å². The van der Waals surface area contributed by atoms with Gasteiger partial charge in [-0.1, -0.05) is 11.5 Å². The summed E-state index contributed by atoms with van der Waals surface area (Å²) in [5.74, 6) is 0. The average Bonchev–Trinajstić information content (AvgIpc) is 2.03. The summed E-state index contributed by atoms with van der Waals surface area (Å²) < 4.78 is 0. The molecule has 0 saturated heterocycles. The maximum Gasteiger partial charge on any atom is -0.000000689 e. The highest BCUT2D eigenvalue weighted by atomic mass is 13.4. The molecule has 0 aromatic carbocycles. The molecule has 0 amide bonds. The first-order valence-electron chi connectivity index (χ1n) is 2.71. The number of hydrogen-bond donors (Lipinski definition) is 0. The average molecular weight is 136 g/mol. The summed E-state index contributed by atoms with van der Waals surface area (Å²) in [6.45, 7) is 6.55. The van der Waals surface area contributed by atoms with Gasteiger partial charge >= 0.3 is 0 Å². The minimum absolute atomic E-state index is 2.37. The van der Waals surface area contributed by atoms with Crippen molar-refractivity contribution in [1.29, 1.82) is 0 Å². The van der Waals surface area contributed by atoms with E-state index in [1.807, 2.05) is 0 Å². The van der Waals surface area contributed by atoms with E-state index in [2.05, 4.69) is 64.7 Å². The largest absolute Gasteiger partial charge is 0.0687 e. The fraction of sp³-hybridized carbons (Fsp3) is 0. The second-order valence-corrected chi connectivity index (χ2v) is 1.23. The van der Waals surface area contributed by atoms with Gasteiger partial charge in [0.1, 0.15) is 0 Å². The first-order valence-corrected chi connectivity index (χ1v) is 2.71. The van der Waals surface area contributed by atoms with Crippen molar-refractivity contribution < 1.29 is 0 Å². The van der Waals surface area contributed by atoms with Crippen molar-refractivity contribution in [3.05, 3.63) is 64.7 Å². The van der Waals surface area contributed by atoms with Crippen LogP contribution >= 0.6 is 0 Å². The highest BCUT2D eigenvalue weighted by Crippen LogP contribution is 1.53. The fourth-order valence-corrected chi connectivity index (χ4v) is 0.245. The minimum Gasteiger partial charge on any atom is -0.0687 e. The molecule has 11 heavy (non-hydrogen) atoms. The maximum atomic E-state index is 3.27. The van der Waals surface area contributed by atoms with Gasteiger partial charge in [0, 0.05) is 0 Å². The lowest BCUT2D eigenvalue weighted by Crippen LogP contribution is -1.21. The summed E-state index contributed by atoms with van der Waals surface area (Å²) >= 11 is 0. The van der Waals surface area contributed by atoms with E-state index in [4.69, 9.17) is 0 Å². The molecular weight excluding hydrogens is 132 g/mol. The predicted octanol–water partition coefficient (Wildman–Crippen LogP) is 2.20. The highest BCUT2D eigenvalue weighted by Gasteiger charge is 1.36. The van der Waals surface area contributed by atoms with Gasteiger partial charge in [-0.3, -0.25) is 0 Å². The van der Waals surface area contributed by atoms with E-state index < -0.39 is 0 Å². The molecule has 0 spiro atoms. The van der Waals surface area contributed by atoms with Gasteiger partial charge in [-0.2, -0.15) is 0 Å². The molecule has 0 N–H and O–H groups in total. The van der Waals surface area contributed by atoms with Gasteiger partial charge in [-0.25, -0.2) is 0 Å². The van der Waals surface area contributed by atoms with Crippen molar-refractivity contribution in [3.8, 4) is 0 Å². The smallest absolute Gasteiger partial charge is 0.000000689 e. The quantitative estimate of drug-likeness (QED) is 0.448. The van der Waals surface area contributed by atoms with Gasteiger partial charge in [0.05, 0.1) is 0 Å². The Morgan fingerprint density at radius 1 is 0.455 bits per heavy atom. The van der Waals surface area contributed by atoms with Gasteiger partial charge in [0.25, 0.3) is 0 Å². The lowest BCUT2D eigenvalue weighted by molar-refractivity contribution is 2.15. The third-order valence-corrected chi connectivity index (χ3v) is 0.552. The Labute approximate surface area is 65.5 Å². The van der Waals surface area contributed by atoms with Gasteiger partial charge in [-0.15, -0.1) is 0 Å². The fourth-order valence-electron chi connectivity index (χ4n) is 0.245. The Hall–Kier alpha value is -2.24. The lowest BCUT2D eigenvalue weighted by atomic mass is 10.6. The zero-order valence-electron chi connectivity index (χ0n) is 5.91. The topological polar surface area (TPSA) is 0 Å². The van der Waals surface area contributed by atoms with Crippen molar-refractivity contribution in [2.45, 2.75) is 0 Å². The third-order valence-electron chi connectivity index (χ3n) is 0.552. The van der Waals surface area contributed by atoms with Crippen molar-refractivity contribution in [1.82, 2.24) is 0 Å². The Morgan fingerprint density at radius 2 is 0.727 bits per heavy atom. The molecule has 0 unspecified atom stereocenters. The Morgan fingerprint density at radius 3 is 1.00 bits per heavy atom. The summed E-state index contributed by atoms with van der Waals surface area (Å²) in [5.41, 5.74) is 22.0. The van der Waals surface area contributed by atoms with Crippen LogP contribution in [-0.4, -0.2) is 0 Å². The van der Waals surface area contributed by atoms with E-state index in [0.29, 0.717) is 0 Å². The molecule has 0 heterocycles. The second kappa shape index (κ2) is 7.76. The highest BCUT2D eigenvalue weighted by molar-refractivity contribution is 4.89. The molecule has 0 saturated carbocycles. The second-order valence-electron chi connectivity index (χ2n) is 1.23. The Bertz CT molecular complexity index is 394. The lowest BCUT2D eigenvalue weighted by Gasteiger charge is -1.37. The van der Waals surface area contributed by atoms with Crippen molar-refractivity contribution >= 4 is 0 Å². The van der Waals surface area contributed by atoms with E-state index in [9.17, 15) is 0 Å². The van der Waals surface area contributed by atoms with E-state index in [0.717, 1.165) is 0 Å². The molecule has 0 fully saturated rings. The maximum absolute atomic E-state index is 3.27. The van der Waals surface area contributed by atoms with E-state index >= 15 is 0 Å². The summed E-state index contributed by atoms with van der Waals surface area (Å²) in [6.07, 6.45) is 0. The van der Waals surface area contributed by atoms with Crippen LogP contribution < -0.4 is 0 Å². The van der Waals surface area contributed by atoms with Crippen LogP contribution in [-0.2, 0) is 0 Å². The molecule has 0 atom stereocenters.